The van der Waals surface area contributed by atoms with E-state index in [0.29, 0.717) is 5.84 Å². The molecule has 0 spiro atoms. The summed E-state index contributed by atoms with van der Waals surface area (Å²) in [6.45, 7) is 3.82. The lowest BCUT2D eigenvalue weighted by molar-refractivity contribution is 0.492. The van der Waals surface area contributed by atoms with Gasteiger partial charge < -0.3 is 5.73 Å². The van der Waals surface area contributed by atoms with Gasteiger partial charge in [-0.2, -0.15) is 5.10 Å². The van der Waals surface area contributed by atoms with Crippen LogP contribution in [0.25, 0.3) is 0 Å². The first-order valence-electron chi connectivity index (χ1n) is 3.33. The number of hydrazone groups is 1. The Labute approximate surface area is 64.4 Å². The van der Waals surface area contributed by atoms with Crippen LogP contribution in [0.1, 0.15) is 6.42 Å². The SMILES string of the molecule is C=C1CC=C2C(N)=NC=NN12. The van der Waals surface area contributed by atoms with Crippen molar-refractivity contribution in [3.63, 3.8) is 0 Å². The van der Waals surface area contributed by atoms with Crippen LogP contribution in [0.2, 0.25) is 0 Å². The molecule has 0 bridgehead atoms. The average Bonchev–Trinajstić information content (AvgIpc) is 2.35. The van der Waals surface area contributed by atoms with Gasteiger partial charge in [-0.3, -0.25) is 0 Å². The minimum Gasteiger partial charge on any atom is -0.382 e. The molecule has 2 heterocycles. The molecule has 11 heavy (non-hydrogen) atoms. The maximum atomic E-state index is 5.59. The van der Waals surface area contributed by atoms with Crippen molar-refractivity contribution in [1.29, 1.82) is 0 Å². The first-order valence-corrected chi connectivity index (χ1v) is 3.33. The van der Waals surface area contributed by atoms with Gasteiger partial charge in [-0.05, 0) is 6.08 Å². The van der Waals surface area contributed by atoms with E-state index in [1.54, 1.807) is 5.01 Å². The maximum Gasteiger partial charge on any atom is 0.151 e. The summed E-state index contributed by atoms with van der Waals surface area (Å²) in [5.41, 5.74) is 7.39. The third kappa shape index (κ3) is 0.756. The van der Waals surface area contributed by atoms with E-state index in [2.05, 4.69) is 16.7 Å². The van der Waals surface area contributed by atoms with Crippen LogP contribution in [0.15, 0.2) is 34.1 Å². The molecule has 0 radical (unpaired) electrons. The summed E-state index contributed by atoms with van der Waals surface area (Å²) in [4.78, 5) is 3.86. The van der Waals surface area contributed by atoms with E-state index in [1.165, 1.54) is 6.34 Å². The topological polar surface area (TPSA) is 54.0 Å². The van der Waals surface area contributed by atoms with Gasteiger partial charge in [0, 0.05) is 12.1 Å². The fraction of sp³-hybridized carbons (Fsp3) is 0.143. The molecule has 0 atom stereocenters. The molecule has 0 unspecified atom stereocenters. The van der Waals surface area contributed by atoms with Gasteiger partial charge in [0.25, 0.3) is 0 Å². The summed E-state index contributed by atoms with van der Waals surface area (Å²) in [6.07, 6.45) is 4.21. The fourth-order valence-corrected chi connectivity index (χ4v) is 1.12. The van der Waals surface area contributed by atoms with E-state index in [9.17, 15) is 0 Å². The Kier molecular flexibility index (Phi) is 1.09. The Morgan fingerprint density at radius 2 is 2.45 bits per heavy atom. The number of hydrogen-bond acceptors (Lipinski definition) is 4. The van der Waals surface area contributed by atoms with Gasteiger partial charge in [-0.15, -0.1) is 0 Å². The first-order chi connectivity index (χ1) is 5.29. The van der Waals surface area contributed by atoms with Gasteiger partial charge in [0.15, 0.2) is 5.84 Å². The lowest BCUT2D eigenvalue weighted by Crippen LogP contribution is -2.27. The molecule has 2 rings (SSSR count). The molecule has 0 aromatic carbocycles. The molecule has 2 aliphatic heterocycles. The molecule has 0 aromatic heterocycles. The highest BCUT2D eigenvalue weighted by Gasteiger charge is 2.22. The van der Waals surface area contributed by atoms with Crippen molar-refractivity contribution in [2.75, 3.05) is 0 Å². The Morgan fingerprint density at radius 1 is 1.64 bits per heavy atom. The number of aliphatic imine (C=N–C) groups is 1. The molecule has 0 aliphatic carbocycles. The van der Waals surface area contributed by atoms with Crippen LogP contribution in [-0.2, 0) is 0 Å². The van der Waals surface area contributed by atoms with Gasteiger partial charge in [-0.1, -0.05) is 6.58 Å². The van der Waals surface area contributed by atoms with Crippen LogP contribution >= 0.6 is 0 Å². The van der Waals surface area contributed by atoms with Crippen molar-refractivity contribution >= 4 is 12.2 Å². The molecule has 0 amide bonds. The monoisotopic (exact) mass is 148 g/mol. The van der Waals surface area contributed by atoms with Crippen molar-refractivity contribution in [3.05, 3.63) is 24.0 Å². The number of allylic oxidation sites excluding steroid dienone is 1. The minimum absolute atomic E-state index is 0.513. The lowest BCUT2D eigenvalue weighted by atomic mass is 10.3. The predicted octanol–water partition coefficient (Wildman–Crippen LogP) is 0.404. The molecular formula is C7H8N4. The van der Waals surface area contributed by atoms with Crippen LogP contribution in [0, 0.1) is 0 Å². The van der Waals surface area contributed by atoms with Gasteiger partial charge in [0.1, 0.15) is 12.0 Å². The summed E-state index contributed by atoms with van der Waals surface area (Å²) >= 11 is 0. The van der Waals surface area contributed by atoms with Crippen molar-refractivity contribution in [1.82, 2.24) is 5.01 Å². The number of nitrogens with zero attached hydrogens (tertiary/aromatic N) is 3. The van der Waals surface area contributed by atoms with Crippen LogP contribution < -0.4 is 5.73 Å². The van der Waals surface area contributed by atoms with E-state index < -0.39 is 0 Å². The molecule has 4 heteroatoms. The number of amidine groups is 1. The van der Waals surface area contributed by atoms with Crippen molar-refractivity contribution < 1.29 is 0 Å². The zero-order valence-corrected chi connectivity index (χ0v) is 5.99. The quantitative estimate of drug-likeness (QED) is 0.540. The summed E-state index contributed by atoms with van der Waals surface area (Å²) < 4.78 is 0. The molecule has 2 N–H and O–H groups in total. The zero-order chi connectivity index (χ0) is 7.84. The van der Waals surface area contributed by atoms with Crippen molar-refractivity contribution in [3.8, 4) is 0 Å². The second-order valence-corrected chi connectivity index (χ2v) is 2.42. The Hall–Kier alpha value is -1.58. The van der Waals surface area contributed by atoms with Gasteiger partial charge >= 0.3 is 0 Å². The van der Waals surface area contributed by atoms with Gasteiger partial charge in [-0.25, -0.2) is 10.0 Å². The van der Waals surface area contributed by atoms with E-state index in [0.717, 1.165) is 17.8 Å². The van der Waals surface area contributed by atoms with Crippen molar-refractivity contribution in [2.45, 2.75) is 6.42 Å². The summed E-state index contributed by atoms with van der Waals surface area (Å²) in [6, 6.07) is 0. The average molecular weight is 148 g/mol. The third-order valence-electron chi connectivity index (χ3n) is 1.69. The highest BCUT2D eigenvalue weighted by molar-refractivity contribution is 6.02. The molecule has 0 saturated heterocycles. The van der Waals surface area contributed by atoms with E-state index in [-0.39, 0.29) is 0 Å². The highest BCUT2D eigenvalue weighted by Crippen LogP contribution is 2.25. The van der Waals surface area contributed by atoms with Crippen LogP contribution in [0.5, 0.6) is 0 Å². The number of fused-ring (bicyclic) bond motifs is 1. The minimum atomic E-state index is 0.513. The highest BCUT2D eigenvalue weighted by atomic mass is 15.5. The Morgan fingerprint density at radius 3 is 3.18 bits per heavy atom. The molecule has 0 aromatic rings. The van der Waals surface area contributed by atoms with Gasteiger partial charge in [0.05, 0.1) is 0 Å². The first kappa shape index (κ1) is 6.15. The smallest absolute Gasteiger partial charge is 0.151 e. The summed E-state index contributed by atoms with van der Waals surface area (Å²) in [5.74, 6) is 0.513. The summed E-state index contributed by atoms with van der Waals surface area (Å²) in [5, 5.41) is 5.71. The maximum absolute atomic E-state index is 5.59. The molecule has 0 fully saturated rings. The van der Waals surface area contributed by atoms with Crippen LogP contribution in [0.3, 0.4) is 0 Å². The number of rotatable bonds is 0. The van der Waals surface area contributed by atoms with Crippen LogP contribution in [-0.4, -0.2) is 17.2 Å². The zero-order valence-electron chi connectivity index (χ0n) is 5.99. The van der Waals surface area contributed by atoms with Crippen molar-refractivity contribution in [2.24, 2.45) is 15.8 Å². The number of hydrogen-bond donors (Lipinski definition) is 1. The third-order valence-corrected chi connectivity index (χ3v) is 1.69. The molecule has 0 saturated carbocycles. The molecular weight excluding hydrogens is 140 g/mol. The van der Waals surface area contributed by atoms with E-state index in [4.69, 9.17) is 5.73 Å². The lowest BCUT2D eigenvalue weighted by Gasteiger charge is -2.18. The Balaban J connectivity index is 2.43. The second-order valence-electron chi connectivity index (χ2n) is 2.42. The predicted molar refractivity (Wildman–Crippen MR) is 43.8 cm³/mol. The van der Waals surface area contributed by atoms with E-state index in [1.807, 2.05) is 6.08 Å². The molecule has 2 aliphatic rings. The van der Waals surface area contributed by atoms with Crippen LogP contribution in [0.4, 0.5) is 0 Å². The molecule has 4 nitrogen and oxygen atoms in total. The normalized spacial score (nSPS) is 21.5. The standard InChI is InChI=1S/C7H8N4/c1-5-2-3-6-7(8)9-4-10-11(5)6/h3-4H,1-2H2,(H2,8,9,10). The second kappa shape index (κ2) is 1.95. The van der Waals surface area contributed by atoms with E-state index >= 15 is 0 Å². The fourth-order valence-electron chi connectivity index (χ4n) is 1.12. The molecule has 56 valence electrons. The number of nitrogens with two attached hydrogens (primary N) is 1. The summed E-state index contributed by atoms with van der Waals surface area (Å²) in [7, 11) is 0. The van der Waals surface area contributed by atoms with Gasteiger partial charge in [0.2, 0.25) is 0 Å². The Bertz CT molecular complexity index is 298. The largest absolute Gasteiger partial charge is 0.382 e.